The van der Waals surface area contributed by atoms with E-state index in [2.05, 4.69) is 0 Å². The van der Waals surface area contributed by atoms with Gasteiger partial charge in [-0.25, -0.2) is 8.42 Å². The molecule has 0 amide bonds. The highest BCUT2D eigenvalue weighted by Crippen LogP contribution is 2.49. The fraction of sp³-hybridized carbons (Fsp3) is 0.174. The lowest BCUT2D eigenvalue weighted by Gasteiger charge is -2.08. The maximum absolute atomic E-state index is 13.2. The Morgan fingerprint density at radius 2 is 1.45 bits per heavy atom. The second-order valence-electron chi connectivity index (χ2n) is 7.39. The Labute approximate surface area is 178 Å². The van der Waals surface area contributed by atoms with E-state index in [0.717, 1.165) is 34.1 Å². The van der Waals surface area contributed by atoms with E-state index in [1.54, 1.807) is 42.5 Å². The molecule has 1 fully saturated rings. The maximum Gasteiger partial charge on any atom is 0.416 e. The first-order valence-corrected chi connectivity index (χ1v) is 10.9. The van der Waals surface area contributed by atoms with Crippen LogP contribution in [0.1, 0.15) is 33.1 Å². The molecule has 4 nitrogen and oxygen atoms in total. The first-order chi connectivity index (χ1) is 14.6. The summed E-state index contributed by atoms with van der Waals surface area (Å²) < 4.78 is 66.1. The van der Waals surface area contributed by atoms with Crippen molar-refractivity contribution in [3.05, 3.63) is 101 Å². The minimum absolute atomic E-state index is 0.0283. The smallest absolute Gasteiger partial charge is 0.292 e. The predicted molar refractivity (Wildman–Crippen MR) is 109 cm³/mol. The van der Waals surface area contributed by atoms with Crippen LogP contribution in [0, 0.1) is 6.92 Å². The van der Waals surface area contributed by atoms with E-state index in [0.29, 0.717) is 5.56 Å². The average Bonchev–Trinajstić information content (AvgIpc) is 3.50. The van der Waals surface area contributed by atoms with Crippen molar-refractivity contribution in [1.29, 1.82) is 0 Å². The minimum atomic E-state index is -4.52. The summed E-state index contributed by atoms with van der Waals surface area (Å²) >= 11 is 0. The summed E-state index contributed by atoms with van der Waals surface area (Å²) in [5.74, 6) is -0.543. The van der Waals surface area contributed by atoms with Gasteiger partial charge in [-0.2, -0.15) is 17.5 Å². The zero-order valence-electron chi connectivity index (χ0n) is 16.4. The second kappa shape index (κ2) is 7.62. The summed E-state index contributed by atoms with van der Waals surface area (Å²) in [4.78, 5) is 13.2. The third kappa shape index (κ3) is 4.00. The fourth-order valence-corrected chi connectivity index (χ4v) is 5.29. The lowest BCUT2D eigenvalue weighted by molar-refractivity contribution is -0.137. The molecule has 1 aliphatic heterocycles. The van der Waals surface area contributed by atoms with Crippen molar-refractivity contribution in [2.75, 3.05) is 0 Å². The molecule has 0 aliphatic carbocycles. The van der Waals surface area contributed by atoms with E-state index >= 15 is 0 Å². The van der Waals surface area contributed by atoms with Crippen LogP contribution >= 0.6 is 0 Å². The number of sulfonamides is 1. The summed E-state index contributed by atoms with van der Waals surface area (Å²) in [6, 6.07) is 17.1. The first-order valence-electron chi connectivity index (χ1n) is 9.47. The van der Waals surface area contributed by atoms with Crippen LogP contribution in [-0.4, -0.2) is 24.5 Å². The number of hydrogen-bond acceptors (Lipinski definition) is 3. The summed E-state index contributed by atoms with van der Waals surface area (Å²) in [5.41, 5.74) is 0.689. The van der Waals surface area contributed by atoms with Gasteiger partial charge < -0.3 is 0 Å². The number of halogens is 3. The van der Waals surface area contributed by atoms with Crippen molar-refractivity contribution >= 4 is 15.8 Å². The molecule has 3 aromatic rings. The molecule has 1 aliphatic rings. The first kappa shape index (κ1) is 21.3. The molecular weight excluding hydrogens is 427 g/mol. The Morgan fingerprint density at radius 1 is 0.871 bits per heavy atom. The van der Waals surface area contributed by atoms with Crippen LogP contribution in [0.15, 0.2) is 83.8 Å². The van der Waals surface area contributed by atoms with E-state index < -0.39 is 39.6 Å². The van der Waals surface area contributed by atoms with Crippen LogP contribution in [0.25, 0.3) is 0 Å². The van der Waals surface area contributed by atoms with Crippen LogP contribution < -0.4 is 0 Å². The number of Topliss-reactive ketones (excluding diaryl/α,β-unsaturated/α-hetero) is 1. The van der Waals surface area contributed by atoms with E-state index in [4.69, 9.17) is 0 Å². The molecule has 0 spiro atoms. The fourth-order valence-electron chi connectivity index (χ4n) is 3.57. The summed E-state index contributed by atoms with van der Waals surface area (Å²) in [5, 5.41) is 0. The van der Waals surface area contributed by atoms with Gasteiger partial charge in [0.1, 0.15) is 6.04 Å². The summed E-state index contributed by atoms with van der Waals surface area (Å²) in [7, 11) is -3.98. The second-order valence-corrected chi connectivity index (χ2v) is 9.23. The zero-order valence-corrected chi connectivity index (χ0v) is 17.2. The highest BCUT2D eigenvalue weighted by atomic mass is 32.2. The third-order valence-corrected chi connectivity index (χ3v) is 7.14. The van der Waals surface area contributed by atoms with Gasteiger partial charge in [-0.05, 0) is 36.8 Å². The van der Waals surface area contributed by atoms with E-state index in [1.165, 1.54) is 12.1 Å². The molecule has 0 saturated carbocycles. The topological polar surface area (TPSA) is 54.2 Å². The molecule has 31 heavy (non-hydrogen) atoms. The number of ketones is 1. The Kier molecular flexibility index (Phi) is 5.23. The lowest BCUT2D eigenvalue weighted by atomic mass is 10.0. The number of rotatable bonds is 5. The van der Waals surface area contributed by atoms with Crippen LogP contribution in [0.4, 0.5) is 13.2 Å². The Bertz CT molecular complexity index is 1210. The van der Waals surface area contributed by atoms with Gasteiger partial charge in [-0.3, -0.25) is 4.79 Å². The molecule has 3 aromatic carbocycles. The SMILES string of the molecule is Cc1ccc(S(=O)(=O)N2[C@H](C(=O)c3ccc(C(F)(F)F)cc3)[C@H]2c2ccccc2)cc1. The largest absolute Gasteiger partial charge is 0.416 e. The average molecular weight is 445 g/mol. The van der Waals surface area contributed by atoms with E-state index in [9.17, 15) is 26.4 Å². The Morgan fingerprint density at radius 3 is 2.00 bits per heavy atom. The van der Waals surface area contributed by atoms with Gasteiger partial charge in [0.15, 0.2) is 5.78 Å². The molecule has 1 heterocycles. The number of benzene rings is 3. The maximum atomic E-state index is 13.2. The van der Waals surface area contributed by atoms with Crippen molar-refractivity contribution in [3.8, 4) is 0 Å². The normalized spacial score (nSPS) is 21.0. The molecule has 160 valence electrons. The summed E-state index contributed by atoms with van der Waals surface area (Å²) in [6.07, 6.45) is -4.52. The predicted octanol–water partition coefficient (Wildman–Crippen LogP) is 5.01. The molecule has 3 atom stereocenters. The van der Waals surface area contributed by atoms with Crippen molar-refractivity contribution in [1.82, 2.24) is 4.31 Å². The van der Waals surface area contributed by atoms with E-state index in [1.807, 2.05) is 6.92 Å². The van der Waals surface area contributed by atoms with Gasteiger partial charge in [0.2, 0.25) is 10.0 Å². The van der Waals surface area contributed by atoms with Gasteiger partial charge in [0.25, 0.3) is 0 Å². The highest BCUT2D eigenvalue weighted by Gasteiger charge is 2.60. The van der Waals surface area contributed by atoms with Crippen LogP contribution in [-0.2, 0) is 16.2 Å². The van der Waals surface area contributed by atoms with Crippen molar-refractivity contribution in [2.24, 2.45) is 0 Å². The highest BCUT2D eigenvalue weighted by molar-refractivity contribution is 7.89. The van der Waals surface area contributed by atoms with Crippen molar-refractivity contribution < 1.29 is 26.4 Å². The molecule has 0 N–H and O–H groups in total. The van der Waals surface area contributed by atoms with Crippen molar-refractivity contribution in [3.63, 3.8) is 0 Å². The number of hydrogen-bond donors (Lipinski definition) is 0. The monoisotopic (exact) mass is 445 g/mol. The lowest BCUT2D eigenvalue weighted by Crippen LogP contribution is -2.20. The molecule has 4 rings (SSSR count). The Hall–Kier alpha value is -2.97. The molecule has 1 saturated heterocycles. The summed E-state index contributed by atoms with van der Waals surface area (Å²) in [6.45, 7) is 1.83. The molecular formula is C23H18F3NO3S. The number of alkyl halides is 3. The number of aryl methyl sites for hydroxylation is 1. The van der Waals surface area contributed by atoms with Crippen LogP contribution in [0.5, 0.6) is 0 Å². The number of nitrogens with zero attached hydrogens (tertiary/aromatic N) is 1. The van der Waals surface area contributed by atoms with Gasteiger partial charge in [0.05, 0.1) is 16.5 Å². The van der Waals surface area contributed by atoms with Crippen molar-refractivity contribution in [2.45, 2.75) is 30.1 Å². The van der Waals surface area contributed by atoms with Gasteiger partial charge >= 0.3 is 6.18 Å². The molecule has 0 radical (unpaired) electrons. The minimum Gasteiger partial charge on any atom is -0.292 e. The third-order valence-electron chi connectivity index (χ3n) is 5.26. The number of carbonyl (C=O) groups excluding carboxylic acids is 1. The molecule has 1 unspecified atom stereocenters. The Balaban J connectivity index is 1.70. The molecule has 0 bridgehead atoms. The van der Waals surface area contributed by atoms with Gasteiger partial charge in [0, 0.05) is 5.56 Å². The molecule has 8 heteroatoms. The standard InChI is InChI=1S/C23H18F3NO3S/c1-15-7-13-19(14-8-15)31(29,30)27-20(16-5-3-2-4-6-16)21(27)22(28)17-9-11-18(12-10-17)23(24,25)26/h2-14,20-21H,1H3/t20-,21+,27?/m1/s1. The number of carbonyl (C=O) groups is 1. The van der Waals surface area contributed by atoms with Gasteiger partial charge in [-0.1, -0.05) is 60.2 Å². The van der Waals surface area contributed by atoms with Crippen LogP contribution in [0.3, 0.4) is 0 Å². The molecule has 0 aromatic heterocycles. The van der Waals surface area contributed by atoms with E-state index in [-0.39, 0.29) is 10.5 Å². The zero-order chi connectivity index (χ0) is 22.4. The quantitative estimate of drug-likeness (QED) is 0.410. The van der Waals surface area contributed by atoms with Gasteiger partial charge in [-0.15, -0.1) is 0 Å². The van der Waals surface area contributed by atoms with Crippen LogP contribution in [0.2, 0.25) is 0 Å².